The first-order chi connectivity index (χ1) is 30.6. The van der Waals surface area contributed by atoms with Crippen LogP contribution in [0.3, 0.4) is 0 Å². The van der Waals surface area contributed by atoms with Crippen molar-refractivity contribution in [1.29, 1.82) is 0 Å². The van der Waals surface area contributed by atoms with Crippen molar-refractivity contribution in [3.63, 3.8) is 0 Å². The summed E-state index contributed by atoms with van der Waals surface area (Å²) >= 11 is 0. The number of aromatic hydroxyl groups is 1. The van der Waals surface area contributed by atoms with E-state index >= 15 is 0 Å². The number of aromatic amines is 1. The summed E-state index contributed by atoms with van der Waals surface area (Å²) in [4.78, 5) is 23.3. The number of fused-ring (bicyclic) bond motifs is 1. The molecule has 1 heterocycles. The fourth-order valence-corrected chi connectivity index (χ4v) is 7.87. The molecule has 0 saturated carbocycles. The number of benzene rings is 5. The predicted molar refractivity (Wildman–Crippen MR) is 224 cm³/mol. The van der Waals surface area contributed by atoms with Crippen LogP contribution in [0.25, 0.3) is 16.5 Å². The molecule has 0 saturated heterocycles. The molecule has 0 amide bonds. The van der Waals surface area contributed by atoms with Gasteiger partial charge in [-0.2, -0.15) is 25.3 Å². The van der Waals surface area contributed by atoms with Crippen LogP contribution in [0.5, 0.6) is 17.2 Å². The van der Waals surface area contributed by atoms with Gasteiger partial charge in [0.15, 0.2) is 17.1 Å². The molecule has 1 aromatic heterocycles. The van der Waals surface area contributed by atoms with E-state index in [9.17, 15) is 68.9 Å². The number of aryl methyl sites for hydroxylation is 1. The number of carboxylic acid groups (broad SMARTS) is 1. The summed E-state index contributed by atoms with van der Waals surface area (Å²) in [6, 6.07) is 14.7. The number of azo groups is 3. The fraction of sp³-hybridized carbons (Fsp3) is 0.135. The second-order valence-electron chi connectivity index (χ2n) is 13.1. The van der Waals surface area contributed by atoms with Crippen LogP contribution >= 0.6 is 0 Å². The van der Waals surface area contributed by atoms with Crippen molar-refractivity contribution in [3.05, 3.63) is 100 Å². The van der Waals surface area contributed by atoms with Gasteiger partial charge in [-0.3, -0.25) is 23.6 Å². The third kappa shape index (κ3) is 10.6. The van der Waals surface area contributed by atoms with Gasteiger partial charge < -0.3 is 29.9 Å². The van der Waals surface area contributed by atoms with Gasteiger partial charge in [0.25, 0.3) is 35.9 Å². The van der Waals surface area contributed by atoms with Crippen LogP contribution in [0.4, 0.5) is 34.1 Å². The number of hydrogen-bond acceptors (Lipinski definition) is 19. The van der Waals surface area contributed by atoms with Crippen LogP contribution in [0.1, 0.15) is 16.1 Å². The summed E-state index contributed by atoms with van der Waals surface area (Å²) in [5.74, 6) is -2.60. The van der Waals surface area contributed by atoms with Crippen molar-refractivity contribution in [3.8, 4) is 22.9 Å². The normalized spacial score (nSPS) is 12.5. The highest BCUT2D eigenvalue weighted by Crippen LogP contribution is 2.44. The smallest absolute Gasteiger partial charge is 0.356 e. The van der Waals surface area contributed by atoms with E-state index in [0.717, 1.165) is 48.5 Å². The van der Waals surface area contributed by atoms with Crippen molar-refractivity contribution >= 4 is 81.2 Å². The van der Waals surface area contributed by atoms with Crippen LogP contribution in [-0.2, 0) is 30.4 Å². The van der Waals surface area contributed by atoms with Gasteiger partial charge in [0.2, 0.25) is 0 Å². The Morgan fingerprint density at radius 1 is 0.646 bits per heavy atom. The summed E-state index contributed by atoms with van der Waals surface area (Å²) in [5, 5.41) is 65.2. The van der Waals surface area contributed by atoms with Gasteiger partial charge in [-0.15, -0.1) is 30.7 Å². The lowest BCUT2D eigenvalue weighted by Crippen LogP contribution is -2.14. The summed E-state index contributed by atoms with van der Waals surface area (Å²) in [7, 11) is -14.6. The lowest BCUT2D eigenvalue weighted by molar-refractivity contribution is 0.0690. The third-order valence-electron chi connectivity index (χ3n) is 8.73. The molecule has 0 fully saturated rings. The van der Waals surface area contributed by atoms with Gasteiger partial charge in [0.1, 0.15) is 62.9 Å². The largest absolute Gasteiger partial charge is 0.505 e. The molecule has 6 rings (SSSR count). The maximum Gasteiger partial charge on any atom is 0.356 e. The quantitative estimate of drug-likeness (QED) is 0.0398. The van der Waals surface area contributed by atoms with Crippen molar-refractivity contribution in [2.24, 2.45) is 30.7 Å². The molecule has 0 aliphatic heterocycles. The molecule has 0 aliphatic rings. The molecular formula is C37H32N8O17S3. The number of carbonyl (C=O) groups is 1. The Morgan fingerprint density at radius 2 is 1.17 bits per heavy atom. The van der Waals surface area contributed by atoms with E-state index in [1.54, 1.807) is 6.92 Å². The maximum absolute atomic E-state index is 13.3. The first-order valence-corrected chi connectivity index (χ1v) is 22.4. The topological polar surface area (TPSA) is 392 Å². The molecule has 0 bridgehead atoms. The molecule has 6 aromatic rings. The molecular weight excluding hydrogens is 925 g/mol. The van der Waals surface area contributed by atoms with E-state index in [2.05, 4.69) is 35.8 Å². The number of nitrogens with zero attached hydrogens (tertiary/aromatic N) is 7. The number of rotatable bonds is 17. The van der Waals surface area contributed by atoms with Crippen molar-refractivity contribution < 1.29 is 73.6 Å². The third-order valence-corrected chi connectivity index (χ3v) is 11.4. The number of ether oxygens (including phenoxy) is 2. The van der Waals surface area contributed by atoms with Crippen molar-refractivity contribution in [2.45, 2.75) is 21.6 Å². The summed E-state index contributed by atoms with van der Waals surface area (Å²) in [6.45, 7) is 0.0904. The second kappa shape index (κ2) is 18.8. The molecule has 5 aromatic carbocycles. The first kappa shape index (κ1) is 47.2. The van der Waals surface area contributed by atoms with Crippen molar-refractivity contribution in [2.75, 3.05) is 26.4 Å². The highest BCUT2D eigenvalue weighted by Gasteiger charge is 2.25. The molecule has 0 unspecified atom stereocenters. The number of aliphatic hydroxyl groups is 2. The summed E-state index contributed by atoms with van der Waals surface area (Å²) in [5.41, 5.74) is -3.78. The predicted octanol–water partition coefficient (Wildman–Crippen LogP) is 5.76. The number of carboxylic acids is 1. The Bertz CT molecular complexity index is 3350. The molecule has 28 heteroatoms. The van der Waals surface area contributed by atoms with Crippen LogP contribution in [-0.4, -0.2) is 102 Å². The number of nitrogens with one attached hydrogen (secondary N) is 1. The fourth-order valence-electron chi connectivity index (χ4n) is 5.86. The lowest BCUT2D eigenvalue weighted by atomic mass is 10.1. The molecule has 0 spiro atoms. The minimum atomic E-state index is -5.23. The van der Waals surface area contributed by atoms with E-state index in [1.807, 2.05) is 0 Å². The summed E-state index contributed by atoms with van der Waals surface area (Å²) < 4.78 is 114. The van der Waals surface area contributed by atoms with Gasteiger partial charge in [0, 0.05) is 22.9 Å². The maximum atomic E-state index is 13.3. The van der Waals surface area contributed by atoms with Crippen LogP contribution in [0, 0.1) is 6.92 Å². The second-order valence-corrected chi connectivity index (χ2v) is 17.3. The number of aromatic nitrogens is 2. The average molecular weight is 957 g/mol. The number of hydrogen-bond donors (Lipinski definition) is 8. The van der Waals surface area contributed by atoms with E-state index in [1.165, 1.54) is 30.3 Å². The molecule has 0 aliphatic carbocycles. The van der Waals surface area contributed by atoms with Gasteiger partial charge in [0.05, 0.1) is 23.8 Å². The molecule has 0 radical (unpaired) electrons. The molecule has 8 N–H and O–H groups in total. The number of aliphatic hydroxyl groups excluding tert-OH is 2. The van der Waals surface area contributed by atoms with Crippen LogP contribution in [0.15, 0.2) is 129 Å². The standard InChI is InChI=1S/C37H32N8O17S3/c1-19-2-9-24(31(16-19)64(55,56)57)38-41-27-17-30(62-15-13-47)28(18-29(27)61-14-12-46)42-39-25-10-8-23-22(34(25)48)7-11-26(35(23)65(58,59)60)40-43-32-33(37(50)51)44-45(36(32)49)20-3-5-21(6-4-20)63(52,53)54/h2-11,16-18,44,46-48H,12-15H2,1H3,(H,50,51)(H,52,53,54)(H,55,56,57)(H,58,59,60). The zero-order chi connectivity index (χ0) is 47.4. The monoisotopic (exact) mass is 956 g/mol. The Kier molecular flexibility index (Phi) is 13.6. The van der Waals surface area contributed by atoms with E-state index in [0.29, 0.717) is 10.2 Å². The average Bonchev–Trinajstić information content (AvgIpc) is 3.58. The van der Waals surface area contributed by atoms with E-state index in [4.69, 9.17) is 9.47 Å². The van der Waals surface area contributed by atoms with Gasteiger partial charge in [-0.05, 0) is 67.1 Å². The minimum absolute atomic E-state index is 0.0964. The van der Waals surface area contributed by atoms with Gasteiger partial charge in [-0.1, -0.05) is 12.1 Å². The Hall–Kier alpha value is -7.31. The summed E-state index contributed by atoms with van der Waals surface area (Å²) in [6.07, 6.45) is 0. The Balaban J connectivity index is 1.39. The minimum Gasteiger partial charge on any atom is -0.505 e. The number of phenolic OH excluding ortho intramolecular Hbond substituents is 1. The number of H-pyrrole nitrogens is 1. The Labute approximate surface area is 365 Å². The first-order valence-electron chi connectivity index (χ1n) is 18.0. The molecule has 25 nitrogen and oxygen atoms in total. The van der Waals surface area contributed by atoms with Crippen LogP contribution in [0.2, 0.25) is 0 Å². The highest BCUT2D eigenvalue weighted by molar-refractivity contribution is 7.86. The molecule has 0 atom stereocenters. The van der Waals surface area contributed by atoms with E-state index < -0.39 is 92.6 Å². The zero-order valence-corrected chi connectivity index (χ0v) is 35.4. The van der Waals surface area contributed by atoms with E-state index in [-0.39, 0.29) is 63.9 Å². The molecule has 65 heavy (non-hydrogen) atoms. The van der Waals surface area contributed by atoms with Gasteiger partial charge in [-0.25, -0.2) is 9.48 Å². The van der Waals surface area contributed by atoms with Crippen LogP contribution < -0.4 is 15.0 Å². The number of aromatic carboxylic acids is 1. The number of phenols is 1. The SMILES string of the molecule is Cc1ccc(N=Nc2cc(OCCO)c(N=Nc3ccc4c(S(=O)(=O)O)c(N=Nc5c(C(=O)O)[nH]n(-c6ccc(S(=O)(=O)O)cc6)c5=O)ccc4c3O)cc2OCCO)c(S(=O)(=O)O)c1. The van der Waals surface area contributed by atoms with Crippen molar-refractivity contribution in [1.82, 2.24) is 9.78 Å². The zero-order valence-electron chi connectivity index (χ0n) is 32.9. The van der Waals surface area contributed by atoms with Gasteiger partial charge >= 0.3 is 5.97 Å². The molecule has 340 valence electrons. The lowest BCUT2D eigenvalue weighted by Gasteiger charge is -2.13. The Morgan fingerprint density at radius 3 is 1.71 bits per heavy atom. The highest BCUT2D eigenvalue weighted by atomic mass is 32.2.